The number of nitrogens with zero attached hydrogens (tertiary/aromatic N) is 3. The van der Waals surface area contributed by atoms with Crippen LogP contribution in [0.1, 0.15) is 25.3 Å². The van der Waals surface area contributed by atoms with Crippen LogP contribution in [0.25, 0.3) is 11.4 Å². The molecule has 0 saturated heterocycles. The number of halogens is 1. The van der Waals surface area contributed by atoms with E-state index in [1.54, 1.807) is 11.8 Å². The summed E-state index contributed by atoms with van der Waals surface area (Å²) in [7, 11) is 0. The summed E-state index contributed by atoms with van der Waals surface area (Å²) in [5, 5.41) is 10.4. The highest BCUT2D eigenvalue weighted by atomic mass is 35.5. The Labute approximate surface area is 175 Å². The molecule has 0 fully saturated rings. The van der Waals surface area contributed by atoms with Crippen molar-refractivity contribution in [3.8, 4) is 17.1 Å². The van der Waals surface area contributed by atoms with Crippen LogP contribution in [0, 0.1) is 0 Å². The van der Waals surface area contributed by atoms with Crippen molar-refractivity contribution in [1.29, 1.82) is 0 Å². The van der Waals surface area contributed by atoms with Gasteiger partial charge in [-0.3, -0.25) is 4.57 Å². The molecule has 0 atom stereocenters. The number of hydrogen-bond donors (Lipinski definition) is 0. The van der Waals surface area contributed by atoms with Crippen molar-refractivity contribution in [3.05, 3.63) is 71.8 Å². The molecule has 4 nitrogen and oxygen atoms in total. The lowest BCUT2D eigenvalue weighted by Crippen LogP contribution is -2.01. The van der Waals surface area contributed by atoms with Gasteiger partial charge in [0.2, 0.25) is 0 Å². The highest BCUT2D eigenvalue weighted by molar-refractivity contribution is 7.98. The molecule has 1 heterocycles. The van der Waals surface area contributed by atoms with Crippen LogP contribution in [-0.2, 0) is 12.3 Å². The third-order valence-corrected chi connectivity index (χ3v) is 5.44. The number of hydrogen-bond acceptors (Lipinski definition) is 4. The fraction of sp³-hybridized carbons (Fsp3) is 0.273. The number of rotatable bonds is 10. The summed E-state index contributed by atoms with van der Waals surface area (Å²) in [4.78, 5) is 0. The summed E-state index contributed by atoms with van der Waals surface area (Å²) in [6.45, 7) is 7.42. The smallest absolute Gasteiger partial charge is 0.192 e. The molecule has 0 aliphatic rings. The van der Waals surface area contributed by atoms with Crippen LogP contribution in [-0.4, -0.2) is 21.4 Å². The van der Waals surface area contributed by atoms with E-state index in [0.29, 0.717) is 6.54 Å². The highest BCUT2D eigenvalue weighted by Crippen LogP contribution is 2.28. The van der Waals surface area contributed by atoms with Crippen molar-refractivity contribution in [2.75, 3.05) is 6.61 Å². The molecule has 0 radical (unpaired) electrons. The molecule has 0 bridgehead atoms. The SMILES string of the molecule is C=CCn1c(SCc2cccc(Cl)c2)nnc1-c1ccc(OCCCC)cc1. The van der Waals surface area contributed by atoms with Crippen LogP contribution in [0.2, 0.25) is 5.02 Å². The van der Waals surface area contributed by atoms with Gasteiger partial charge in [0.15, 0.2) is 11.0 Å². The zero-order valence-corrected chi connectivity index (χ0v) is 17.5. The summed E-state index contributed by atoms with van der Waals surface area (Å²) in [6, 6.07) is 15.9. The molecule has 0 unspecified atom stereocenters. The number of unbranched alkanes of at least 4 members (excludes halogenated alkanes) is 1. The van der Waals surface area contributed by atoms with E-state index >= 15 is 0 Å². The van der Waals surface area contributed by atoms with E-state index in [9.17, 15) is 0 Å². The number of benzene rings is 2. The summed E-state index contributed by atoms with van der Waals surface area (Å²) >= 11 is 7.72. The normalized spacial score (nSPS) is 10.8. The Morgan fingerprint density at radius 3 is 2.71 bits per heavy atom. The van der Waals surface area contributed by atoms with Crippen LogP contribution in [0.15, 0.2) is 66.3 Å². The topological polar surface area (TPSA) is 39.9 Å². The molecule has 6 heteroatoms. The minimum Gasteiger partial charge on any atom is -0.494 e. The molecule has 0 aliphatic heterocycles. The van der Waals surface area contributed by atoms with E-state index < -0.39 is 0 Å². The molecular weight excluding hydrogens is 390 g/mol. The van der Waals surface area contributed by atoms with Crippen molar-refractivity contribution in [3.63, 3.8) is 0 Å². The van der Waals surface area contributed by atoms with Crippen LogP contribution in [0.5, 0.6) is 5.75 Å². The minimum atomic E-state index is 0.648. The number of thioether (sulfide) groups is 1. The molecule has 3 rings (SSSR count). The molecule has 1 aromatic heterocycles. The summed E-state index contributed by atoms with van der Waals surface area (Å²) in [5.74, 6) is 2.48. The summed E-state index contributed by atoms with van der Waals surface area (Å²) in [6.07, 6.45) is 4.04. The second-order valence-electron chi connectivity index (χ2n) is 6.35. The van der Waals surface area contributed by atoms with Crippen molar-refractivity contribution in [2.45, 2.75) is 37.2 Å². The minimum absolute atomic E-state index is 0.648. The maximum Gasteiger partial charge on any atom is 0.192 e. The lowest BCUT2D eigenvalue weighted by molar-refractivity contribution is 0.309. The van der Waals surface area contributed by atoms with Gasteiger partial charge in [0.25, 0.3) is 0 Å². The molecule has 0 amide bonds. The Morgan fingerprint density at radius 2 is 2.00 bits per heavy atom. The Bertz CT molecular complexity index is 908. The molecular formula is C22H24ClN3OS. The number of allylic oxidation sites excluding steroid dienone is 1. The van der Waals surface area contributed by atoms with E-state index in [-0.39, 0.29) is 0 Å². The Kier molecular flexibility index (Phi) is 7.57. The molecule has 146 valence electrons. The first kappa shape index (κ1) is 20.5. The molecule has 3 aromatic rings. The maximum atomic E-state index is 6.08. The van der Waals surface area contributed by atoms with Crippen molar-refractivity contribution >= 4 is 23.4 Å². The second-order valence-corrected chi connectivity index (χ2v) is 7.73. The van der Waals surface area contributed by atoms with Gasteiger partial charge in [-0.15, -0.1) is 16.8 Å². The zero-order valence-electron chi connectivity index (χ0n) is 16.0. The van der Waals surface area contributed by atoms with Gasteiger partial charge >= 0.3 is 0 Å². The fourth-order valence-corrected chi connectivity index (χ4v) is 3.82. The third-order valence-electron chi connectivity index (χ3n) is 4.16. The van der Waals surface area contributed by atoms with Gasteiger partial charge in [0, 0.05) is 22.9 Å². The molecule has 2 aromatic carbocycles. The summed E-state index contributed by atoms with van der Waals surface area (Å²) < 4.78 is 7.82. The van der Waals surface area contributed by atoms with Gasteiger partial charge in [0.1, 0.15) is 5.75 Å². The van der Waals surface area contributed by atoms with Gasteiger partial charge < -0.3 is 4.74 Å². The predicted molar refractivity (Wildman–Crippen MR) is 117 cm³/mol. The van der Waals surface area contributed by atoms with Gasteiger partial charge in [-0.05, 0) is 48.4 Å². The standard InChI is InChI=1S/C22H24ClN3OS/c1-3-5-14-27-20-11-9-18(10-12-20)21-24-25-22(26(21)13-4-2)28-16-17-7-6-8-19(23)15-17/h4,6-12,15H,2-3,5,13-14,16H2,1H3. The van der Waals surface area contributed by atoms with Gasteiger partial charge in [-0.2, -0.15) is 0 Å². The van der Waals surface area contributed by atoms with Crippen LogP contribution in [0.3, 0.4) is 0 Å². The second kappa shape index (κ2) is 10.3. The fourth-order valence-electron chi connectivity index (χ4n) is 2.71. The van der Waals surface area contributed by atoms with Gasteiger partial charge in [0.05, 0.1) is 6.61 Å². The highest BCUT2D eigenvalue weighted by Gasteiger charge is 2.14. The Balaban J connectivity index is 1.75. The van der Waals surface area contributed by atoms with Gasteiger partial charge in [-0.25, -0.2) is 0 Å². The van der Waals surface area contributed by atoms with E-state index in [1.807, 2.05) is 48.5 Å². The zero-order chi connectivity index (χ0) is 19.8. The first-order valence-corrected chi connectivity index (χ1v) is 10.7. The monoisotopic (exact) mass is 413 g/mol. The van der Waals surface area contributed by atoms with E-state index in [0.717, 1.165) is 58.1 Å². The quantitative estimate of drug-likeness (QED) is 0.223. The summed E-state index contributed by atoms with van der Waals surface area (Å²) in [5.41, 5.74) is 2.16. The first-order valence-electron chi connectivity index (χ1n) is 9.36. The Hall–Kier alpha value is -2.24. The van der Waals surface area contributed by atoms with Crippen LogP contribution < -0.4 is 4.74 Å². The van der Waals surface area contributed by atoms with E-state index in [1.165, 1.54) is 0 Å². The number of ether oxygens (including phenoxy) is 1. The van der Waals surface area contributed by atoms with Crippen LogP contribution in [0.4, 0.5) is 0 Å². The average molecular weight is 414 g/mol. The largest absolute Gasteiger partial charge is 0.494 e. The molecule has 0 aliphatic carbocycles. The maximum absolute atomic E-state index is 6.08. The number of aromatic nitrogens is 3. The average Bonchev–Trinajstić information content (AvgIpc) is 3.10. The van der Waals surface area contributed by atoms with Crippen molar-refractivity contribution in [2.24, 2.45) is 0 Å². The van der Waals surface area contributed by atoms with Crippen molar-refractivity contribution < 1.29 is 4.74 Å². The molecule has 0 spiro atoms. The van der Waals surface area contributed by atoms with Crippen LogP contribution >= 0.6 is 23.4 Å². The lowest BCUT2D eigenvalue weighted by Gasteiger charge is -2.09. The van der Waals surface area contributed by atoms with E-state index in [2.05, 4.69) is 34.3 Å². The van der Waals surface area contributed by atoms with Gasteiger partial charge in [-0.1, -0.05) is 54.9 Å². The first-order chi connectivity index (χ1) is 13.7. The van der Waals surface area contributed by atoms with E-state index in [4.69, 9.17) is 16.3 Å². The van der Waals surface area contributed by atoms with Crippen molar-refractivity contribution in [1.82, 2.24) is 14.8 Å². The molecule has 28 heavy (non-hydrogen) atoms. The molecule has 0 saturated carbocycles. The Morgan fingerprint density at radius 1 is 1.18 bits per heavy atom. The lowest BCUT2D eigenvalue weighted by atomic mass is 10.2. The predicted octanol–water partition coefficient (Wildman–Crippen LogP) is 6.26. The third kappa shape index (κ3) is 5.40. The molecule has 0 N–H and O–H groups in total.